The molecule has 2 N–H and O–H groups in total. The normalized spacial score (nSPS) is 15.0. The number of pyridine rings is 1. The Bertz CT molecular complexity index is 986. The molecule has 2 heterocycles. The first kappa shape index (κ1) is 16.4. The third-order valence-corrected chi connectivity index (χ3v) is 4.54. The van der Waals surface area contributed by atoms with Crippen LogP contribution in [-0.4, -0.2) is 11.3 Å². The lowest BCUT2D eigenvalue weighted by Crippen LogP contribution is -2.23. The topological polar surface area (TPSA) is 54.0 Å². The van der Waals surface area contributed by atoms with Gasteiger partial charge in [-0.15, -0.1) is 0 Å². The van der Waals surface area contributed by atoms with Crippen LogP contribution in [0.3, 0.4) is 0 Å². The molecule has 0 saturated carbocycles. The second kappa shape index (κ2) is 7.02. The number of carbonyl (C=O) groups is 1. The molecule has 4 rings (SSSR count). The van der Waals surface area contributed by atoms with Crippen molar-refractivity contribution in [2.75, 3.05) is 5.32 Å². The van der Waals surface area contributed by atoms with E-state index in [4.69, 9.17) is 11.6 Å². The van der Waals surface area contributed by atoms with E-state index in [0.717, 1.165) is 34.2 Å². The summed E-state index contributed by atoms with van der Waals surface area (Å²) in [4.78, 5) is 16.3. The van der Waals surface area contributed by atoms with E-state index in [0.29, 0.717) is 10.8 Å². The quantitative estimate of drug-likeness (QED) is 0.645. The summed E-state index contributed by atoms with van der Waals surface area (Å²) in [6.07, 6.45) is 6.46. The van der Waals surface area contributed by atoms with Crippen molar-refractivity contribution in [1.29, 1.82) is 0 Å². The maximum absolute atomic E-state index is 11.7. The van der Waals surface area contributed by atoms with Crippen molar-refractivity contribution in [3.8, 4) is 11.1 Å². The molecule has 0 fully saturated rings. The molecule has 26 heavy (non-hydrogen) atoms. The van der Waals surface area contributed by atoms with Gasteiger partial charge in [0.1, 0.15) is 18.1 Å². The highest BCUT2D eigenvalue weighted by Gasteiger charge is 2.24. The third-order valence-electron chi connectivity index (χ3n) is 4.30. The van der Waals surface area contributed by atoms with E-state index in [1.54, 1.807) is 6.20 Å². The number of fused-ring (bicyclic) bond motifs is 1. The number of hydrogen-bond acceptors (Lipinski definition) is 4. The van der Waals surface area contributed by atoms with Crippen LogP contribution in [0.2, 0.25) is 5.02 Å². The van der Waals surface area contributed by atoms with E-state index < -0.39 is 6.04 Å². The molecule has 0 aliphatic carbocycles. The van der Waals surface area contributed by atoms with Crippen LogP contribution in [0.4, 0.5) is 11.5 Å². The van der Waals surface area contributed by atoms with Gasteiger partial charge in [-0.25, -0.2) is 4.98 Å². The minimum Gasteiger partial charge on any atom is -0.378 e. The smallest absolute Gasteiger partial charge is 0.146 e. The molecule has 1 aliphatic rings. The zero-order valence-corrected chi connectivity index (χ0v) is 14.6. The average molecular weight is 362 g/mol. The van der Waals surface area contributed by atoms with Gasteiger partial charge in [0.15, 0.2) is 0 Å². The van der Waals surface area contributed by atoms with Gasteiger partial charge in [0.05, 0.1) is 0 Å². The molecule has 0 amide bonds. The molecule has 128 valence electrons. The fourth-order valence-corrected chi connectivity index (χ4v) is 3.30. The SMILES string of the molecule is O=CC1NC=Cc2c(-c3cccc(Cl)c3)cnc(Nc3ccccc3)c21. The van der Waals surface area contributed by atoms with Gasteiger partial charge in [-0.3, -0.25) is 0 Å². The number of aromatic nitrogens is 1. The lowest BCUT2D eigenvalue weighted by atomic mass is 9.92. The van der Waals surface area contributed by atoms with Gasteiger partial charge in [0.2, 0.25) is 0 Å². The number of hydrogen-bond donors (Lipinski definition) is 2. The number of benzene rings is 2. The van der Waals surface area contributed by atoms with E-state index in [1.165, 1.54) is 0 Å². The predicted octanol–water partition coefficient (Wildman–Crippen LogP) is 4.96. The fraction of sp³-hybridized carbons (Fsp3) is 0.0476. The second-order valence-electron chi connectivity index (χ2n) is 5.96. The van der Waals surface area contributed by atoms with Crippen LogP contribution >= 0.6 is 11.6 Å². The third kappa shape index (κ3) is 3.07. The summed E-state index contributed by atoms with van der Waals surface area (Å²) in [6.45, 7) is 0. The van der Waals surface area contributed by atoms with E-state index >= 15 is 0 Å². The van der Waals surface area contributed by atoms with Crippen molar-refractivity contribution in [2.24, 2.45) is 0 Å². The summed E-state index contributed by atoms with van der Waals surface area (Å²) in [5.74, 6) is 0.658. The van der Waals surface area contributed by atoms with Crippen LogP contribution in [-0.2, 0) is 4.79 Å². The standard InChI is InChI=1S/C21H16ClN3O/c22-15-6-4-5-14(11-15)18-12-24-21(25-16-7-2-1-3-8-16)20-17(18)9-10-23-19(20)13-26/h1-13,19,23H,(H,24,25). The Morgan fingerprint density at radius 2 is 1.96 bits per heavy atom. The summed E-state index contributed by atoms with van der Waals surface area (Å²) >= 11 is 6.15. The van der Waals surface area contributed by atoms with Crippen molar-refractivity contribution in [2.45, 2.75) is 6.04 Å². The van der Waals surface area contributed by atoms with Gasteiger partial charge in [0, 0.05) is 28.0 Å². The molecule has 1 aliphatic heterocycles. The van der Waals surface area contributed by atoms with Gasteiger partial charge in [0.25, 0.3) is 0 Å². The van der Waals surface area contributed by atoms with Crippen molar-refractivity contribution in [1.82, 2.24) is 10.3 Å². The van der Waals surface area contributed by atoms with Crippen molar-refractivity contribution in [3.05, 3.63) is 83.1 Å². The lowest BCUT2D eigenvalue weighted by Gasteiger charge is -2.24. The van der Waals surface area contributed by atoms with Crippen molar-refractivity contribution >= 4 is 35.5 Å². The first-order valence-corrected chi connectivity index (χ1v) is 8.63. The molecule has 4 nitrogen and oxygen atoms in total. The first-order valence-electron chi connectivity index (χ1n) is 8.25. The molecule has 2 aromatic carbocycles. The summed E-state index contributed by atoms with van der Waals surface area (Å²) in [7, 11) is 0. The molecule has 0 radical (unpaired) electrons. The number of nitrogens with one attached hydrogen (secondary N) is 2. The molecular weight excluding hydrogens is 346 g/mol. The number of anilines is 2. The zero-order chi connectivity index (χ0) is 17.9. The number of carbonyl (C=O) groups excluding carboxylic acids is 1. The maximum Gasteiger partial charge on any atom is 0.146 e. The van der Waals surface area contributed by atoms with Gasteiger partial charge >= 0.3 is 0 Å². The fourth-order valence-electron chi connectivity index (χ4n) is 3.10. The van der Waals surface area contributed by atoms with E-state index in [-0.39, 0.29) is 0 Å². The Balaban J connectivity index is 1.87. The molecule has 1 aromatic heterocycles. The monoisotopic (exact) mass is 361 g/mol. The zero-order valence-electron chi connectivity index (χ0n) is 13.8. The number of aldehydes is 1. The van der Waals surface area contributed by atoms with E-state index in [1.807, 2.05) is 66.9 Å². The molecule has 0 saturated heterocycles. The van der Waals surface area contributed by atoms with Gasteiger partial charge in [-0.1, -0.05) is 41.9 Å². The van der Waals surface area contributed by atoms with Crippen LogP contribution in [0.1, 0.15) is 17.2 Å². The maximum atomic E-state index is 11.7. The molecular formula is C21H16ClN3O. The summed E-state index contributed by atoms with van der Waals surface area (Å²) in [5, 5.41) is 7.06. The molecule has 0 bridgehead atoms. The highest BCUT2D eigenvalue weighted by molar-refractivity contribution is 6.30. The summed E-state index contributed by atoms with van der Waals surface area (Å²) in [5.41, 5.74) is 4.59. The Hall–Kier alpha value is -3.11. The Morgan fingerprint density at radius 1 is 1.12 bits per heavy atom. The Morgan fingerprint density at radius 3 is 2.73 bits per heavy atom. The van der Waals surface area contributed by atoms with Crippen LogP contribution in [0.15, 0.2) is 67.0 Å². The van der Waals surface area contributed by atoms with Gasteiger partial charge < -0.3 is 15.4 Å². The minimum atomic E-state index is -0.465. The van der Waals surface area contributed by atoms with Crippen molar-refractivity contribution < 1.29 is 4.79 Å². The first-order chi connectivity index (χ1) is 12.8. The van der Waals surface area contributed by atoms with Crippen LogP contribution in [0, 0.1) is 0 Å². The molecule has 1 atom stereocenters. The highest BCUT2D eigenvalue weighted by Crippen LogP contribution is 2.37. The number of rotatable bonds is 4. The highest BCUT2D eigenvalue weighted by atomic mass is 35.5. The molecule has 1 unspecified atom stereocenters. The number of halogens is 1. The van der Waals surface area contributed by atoms with Gasteiger partial charge in [-0.2, -0.15) is 0 Å². The lowest BCUT2D eigenvalue weighted by molar-refractivity contribution is -0.109. The van der Waals surface area contributed by atoms with Crippen LogP contribution in [0.25, 0.3) is 17.2 Å². The second-order valence-corrected chi connectivity index (χ2v) is 6.40. The average Bonchev–Trinajstić information content (AvgIpc) is 2.68. The largest absolute Gasteiger partial charge is 0.378 e. The van der Waals surface area contributed by atoms with Crippen LogP contribution in [0.5, 0.6) is 0 Å². The summed E-state index contributed by atoms with van der Waals surface area (Å²) in [6, 6.07) is 16.9. The predicted molar refractivity (Wildman–Crippen MR) is 105 cm³/mol. The molecule has 5 heteroatoms. The van der Waals surface area contributed by atoms with E-state index in [2.05, 4.69) is 15.6 Å². The molecule has 3 aromatic rings. The van der Waals surface area contributed by atoms with E-state index in [9.17, 15) is 4.79 Å². The molecule has 0 spiro atoms. The van der Waals surface area contributed by atoms with Gasteiger partial charge in [-0.05, 0) is 47.7 Å². The Labute approximate surface area is 156 Å². The van der Waals surface area contributed by atoms with Crippen LogP contribution < -0.4 is 10.6 Å². The number of para-hydroxylation sites is 1. The Kier molecular flexibility index (Phi) is 4.42. The number of nitrogens with zero attached hydrogens (tertiary/aromatic N) is 1. The minimum absolute atomic E-state index is 0.465. The van der Waals surface area contributed by atoms with Crippen molar-refractivity contribution in [3.63, 3.8) is 0 Å². The summed E-state index contributed by atoms with van der Waals surface area (Å²) < 4.78 is 0.